The molecule has 1 unspecified atom stereocenters. The lowest BCUT2D eigenvalue weighted by Gasteiger charge is -2.63. The number of halogens is 1. The number of hydrogen-bond acceptors (Lipinski definition) is 4. The van der Waals surface area contributed by atoms with Gasteiger partial charge in [-0.2, -0.15) is 0 Å². The van der Waals surface area contributed by atoms with E-state index in [4.69, 9.17) is 0 Å². The summed E-state index contributed by atoms with van der Waals surface area (Å²) in [5.41, 5.74) is -1.76. The van der Waals surface area contributed by atoms with Gasteiger partial charge in [0, 0.05) is 11.3 Å². The molecule has 5 heteroatoms. The Morgan fingerprint density at radius 3 is 2.43 bits per heavy atom. The van der Waals surface area contributed by atoms with E-state index in [9.17, 15) is 9.90 Å². The zero-order valence-electron chi connectivity index (χ0n) is 18.9. The minimum Gasteiger partial charge on any atom is -0.390 e. The van der Waals surface area contributed by atoms with Crippen molar-refractivity contribution in [1.82, 2.24) is 0 Å². The molecule has 4 aliphatic rings. The highest BCUT2D eigenvalue weighted by atomic mass is 32.2. The number of thioether (sulfide) groups is 2. The predicted octanol–water partition coefficient (Wildman–Crippen LogP) is 6.34. The third kappa shape index (κ3) is 2.97. The Hall–Kier alpha value is -0.260. The van der Waals surface area contributed by atoms with Crippen LogP contribution in [0.2, 0.25) is 0 Å². The molecular formula is C25H37FO2S2. The molecule has 168 valence electrons. The number of rotatable bonds is 6. The average Bonchev–Trinajstić information content (AvgIpc) is 2.99. The Morgan fingerprint density at radius 1 is 1.13 bits per heavy atom. The number of allylic oxidation sites excluding steroid dienone is 4. The minimum atomic E-state index is -1.70. The van der Waals surface area contributed by atoms with Crippen LogP contribution < -0.4 is 0 Å². The van der Waals surface area contributed by atoms with E-state index in [0.29, 0.717) is 6.42 Å². The standard InChI is InChI=1S/C25H37FO2S2/c1-5-13-29-24(30-14-6-2)12-10-19-20-8-7-17-15-18(27)9-11-22(17,3)25(20,26)21(28)16-23(19,24)4/h9,11,15,19-21,28H,5-8,10,12-14,16H2,1-4H3/t19-,20-,21-,22-,23-,25?/m0/s1. The van der Waals surface area contributed by atoms with Crippen LogP contribution in [0.1, 0.15) is 72.6 Å². The van der Waals surface area contributed by atoms with E-state index in [-0.39, 0.29) is 27.1 Å². The number of carbonyl (C=O) groups excluding carboxylic acids is 1. The molecule has 0 heterocycles. The van der Waals surface area contributed by atoms with E-state index in [1.54, 1.807) is 12.2 Å². The summed E-state index contributed by atoms with van der Waals surface area (Å²) in [6.07, 6.45) is 10.4. The van der Waals surface area contributed by atoms with Crippen molar-refractivity contribution in [3.8, 4) is 0 Å². The molecular weight excluding hydrogens is 415 g/mol. The summed E-state index contributed by atoms with van der Waals surface area (Å²) in [7, 11) is 0. The fourth-order valence-electron chi connectivity index (χ4n) is 7.21. The zero-order valence-corrected chi connectivity index (χ0v) is 20.5. The number of carbonyl (C=O) groups is 1. The van der Waals surface area contributed by atoms with Crippen LogP contribution >= 0.6 is 23.5 Å². The number of alkyl halides is 1. The quantitative estimate of drug-likeness (QED) is 0.477. The van der Waals surface area contributed by atoms with Crippen LogP contribution in [-0.2, 0) is 4.79 Å². The number of aliphatic hydroxyl groups is 1. The largest absolute Gasteiger partial charge is 0.390 e. The Labute approximate surface area is 189 Å². The molecule has 30 heavy (non-hydrogen) atoms. The lowest BCUT2D eigenvalue weighted by Crippen LogP contribution is -2.67. The smallest absolute Gasteiger partial charge is 0.178 e. The minimum absolute atomic E-state index is 0.0496. The van der Waals surface area contributed by atoms with Crippen LogP contribution in [0.15, 0.2) is 23.8 Å². The maximum Gasteiger partial charge on any atom is 0.178 e. The summed E-state index contributed by atoms with van der Waals surface area (Å²) < 4.78 is 17.2. The summed E-state index contributed by atoms with van der Waals surface area (Å²) in [5, 5.41) is 11.5. The van der Waals surface area contributed by atoms with E-state index in [0.717, 1.165) is 55.6 Å². The molecule has 2 nitrogen and oxygen atoms in total. The van der Waals surface area contributed by atoms with Crippen molar-refractivity contribution in [3.63, 3.8) is 0 Å². The van der Waals surface area contributed by atoms with Gasteiger partial charge in [0.05, 0.1) is 10.2 Å². The van der Waals surface area contributed by atoms with Crippen molar-refractivity contribution >= 4 is 29.3 Å². The lowest BCUT2D eigenvalue weighted by molar-refractivity contribution is -0.189. The van der Waals surface area contributed by atoms with Gasteiger partial charge in [0.1, 0.15) is 0 Å². The summed E-state index contributed by atoms with van der Waals surface area (Å²) in [6.45, 7) is 8.73. The van der Waals surface area contributed by atoms with Crippen molar-refractivity contribution in [1.29, 1.82) is 0 Å². The summed E-state index contributed by atoms with van der Waals surface area (Å²) in [6, 6.07) is 0. The van der Waals surface area contributed by atoms with Gasteiger partial charge in [-0.05, 0) is 86.9 Å². The van der Waals surface area contributed by atoms with Gasteiger partial charge < -0.3 is 5.11 Å². The molecule has 0 saturated heterocycles. The van der Waals surface area contributed by atoms with Crippen LogP contribution in [0.3, 0.4) is 0 Å². The number of fused-ring (bicyclic) bond motifs is 5. The topological polar surface area (TPSA) is 37.3 Å². The molecule has 0 bridgehead atoms. The second-order valence-corrected chi connectivity index (χ2v) is 13.3. The van der Waals surface area contributed by atoms with Gasteiger partial charge in [0.15, 0.2) is 11.5 Å². The average molecular weight is 453 g/mol. The molecule has 4 aliphatic carbocycles. The van der Waals surface area contributed by atoms with Gasteiger partial charge in [-0.25, -0.2) is 4.39 Å². The highest BCUT2D eigenvalue weighted by molar-refractivity contribution is 8.18. The summed E-state index contributed by atoms with van der Waals surface area (Å²) in [5.74, 6) is 2.32. The monoisotopic (exact) mass is 452 g/mol. The Morgan fingerprint density at radius 2 is 1.80 bits per heavy atom. The van der Waals surface area contributed by atoms with E-state index in [1.807, 2.05) is 6.92 Å². The first kappa shape index (κ1) is 22.9. The van der Waals surface area contributed by atoms with Crippen molar-refractivity contribution in [2.75, 3.05) is 11.5 Å². The number of hydrogen-bond donors (Lipinski definition) is 1. The van der Waals surface area contributed by atoms with Gasteiger partial charge >= 0.3 is 0 Å². The first-order valence-electron chi connectivity index (χ1n) is 11.8. The van der Waals surface area contributed by atoms with E-state index >= 15 is 4.39 Å². The van der Waals surface area contributed by atoms with E-state index in [2.05, 4.69) is 44.3 Å². The van der Waals surface area contributed by atoms with Crippen LogP contribution in [0.25, 0.3) is 0 Å². The Kier molecular flexibility index (Phi) is 6.07. The van der Waals surface area contributed by atoms with Gasteiger partial charge in [0.2, 0.25) is 0 Å². The van der Waals surface area contributed by atoms with Gasteiger partial charge in [-0.3, -0.25) is 4.79 Å². The Balaban J connectivity index is 1.74. The first-order chi connectivity index (χ1) is 14.2. The number of ketones is 1. The van der Waals surface area contributed by atoms with Crippen molar-refractivity contribution in [3.05, 3.63) is 23.8 Å². The van der Waals surface area contributed by atoms with Crippen LogP contribution in [0, 0.1) is 22.7 Å². The molecule has 3 saturated carbocycles. The molecule has 0 aromatic carbocycles. The SMILES string of the molecule is CCCSC1(SCCC)CC[C@H]2[C@@H]3CCC4=CC(=O)C=C[C@]4(C)C3(F)[C@@H](O)C[C@@]21C. The maximum absolute atomic E-state index is 17.2. The fraction of sp³-hybridized carbons (Fsp3) is 0.800. The summed E-state index contributed by atoms with van der Waals surface area (Å²) >= 11 is 4.16. The molecule has 0 radical (unpaired) electrons. The van der Waals surface area contributed by atoms with Crippen LogP contribution in [0.4, 0.5) is 4.39 Å². The van der Waals surface area contributed by atoms with Crippen molar-refractivity contribution in [2.45, 2.75) is 88.5 Å². The zero-order chi connectivity index (χ0) is 21.8. The van der Waals surface area contributed by atoms with Gasteiger partial charge in [0.25, 0.3) is 0 Å². The van der Waals surface area contributed by atoms with Gasteiger partial charge in [-0.1, -0.05) is 32.4 Å². The van der Waals surface area contributed by atoms with E-state index < -0.39 is 17.2 Å². The third-order valence-corrected chi connectivity index (χ3v) is 13.0. The molecule has 0 spiro atoms. The molecule has 3 fully saturated rings. The highest BCUT2D eigenvalue weighted by Crippen LogP contribution is 2.74. The van der Waals surface area contributed by atoms with Gasteiger partial charge in [-0.15, -0.1) is 23.5 Å². The highest BCUT2D eigenvalue weighted by Gasteiger charge is 2.73. The Bertz CT molecular complexity index is 756. The van der Waals surface area contributed by atoms with Crippen LogP contribution in [0.5, 0.6) is 0 Å². The molecule has 6 atom stereocenters. The normalized spacial score (nSPS) is 44.3. The molecule has 0 aliphatic heterocycles. The molecule has 1 N–H and O–H groups in total. The van der Waals surface area contributed by atoms with Crippen molar-refractivity contribution < 1.29 is 14.3 Å². The molecule has 0 aromatic rings. The fourth-order valence-corrected chi connectivity index (χ4v) is 10.8. The number of aliphatic hydroxyl groups excluding tert-OH is 1. The van der Waals surface area contributed by atoms with E-state index in [1.165, 1.54) is 6.08 Å². The second-order valence-electron chi connectivity index (χ2n) is 10.3. The molecule has 4 rings (SSSR count). The summed E-state index contributed by atoms with van der Waals surface area (Å²) in [4.78, 5) is 12.0. The van der Waals surface area contributed by atoms with Crippen molar-refractivity contribution in [2.24, 2.45) is 22.7 Å². The first-order valence-corrected chi connectivity index (χ1v) is 13.7. The maximum atomic E-state index is 17.2. The lowest BCUT2D eigenvalue weighted by atomic mass is 9.46. The molecule has 0 aromatic heterocycles. The predicted molar refractivity (Wildman–Crippen MR) is 127 cm³/mol. The second kappa shape index (κ2) is 7.95. The molecule has 0 amide bonds. The van der Waals surface area contributed by atoms with Crippen LogP contribution in [-0.4, -0.2) is 38.2 Å². The third-order valence-electron chi connectivity index (χ3n) is 8.76.